The fourth-order valence-corrected chi connectivity index (χ4v) is 3.10. The van der Waals surface area contributed by atoms with E-state index in [1.807, 2.05) is 26.0 Å². The molecule has 0 saturated heterocycles. The Morgan fingerprint density at radius 1 is 1.31 bits per heavy atom. The highest BCUT2D eigenvalue weighted by Gasteiger charge is 2.19. The first-order chi connectivity index (χ1) is 12.4. The molecule has 9 heteroatoms. The number of ether oxygens (including phenoxy) is 2. The maximum absolute atomic E-state index is 12.0. The van der Waals surface area contributed by atoms with E-state index in [1.165, 1.54) is 16.4 Å². The van der Waals surface area contributed by atoms with Gasteiger partial charge in [0.05, 0.1) is 11.9 Å². The van der Waals surface area contributed by atoms with Gasteiger partial charge in [0.2, 0.25) is 11.1 Å². The van der Waals surface area contributed by atoms with Gasteiger partial charge in [0, 0.05) is 13.7 Å². The molecule has 0 bridgehead atoms. The molecule has 2 aromatic rings. The van der Waals surface area contributed by atoms with Crippen LogP contribution in [-0.2, 0) is 16.1 Å². The molecule has 142 valence electrons. The predicted octanol–water partition coefficient (Wildman–Crippen LogP) is 1.43. The molecule has 1 atom stereocenters. The van der Waals surface area contributed by atoms with Crippen LogP contribution in [0.4, 0.5) is 0 Å². The van der Waals surface area contributed by atoms with Gasteiger partial charge >= 0.3 is 0 Å². The summed E-state index contributed by atoms with van der Waals surface area (Å²) >= 11 is 1.24. The van der Waals surface area contributed by atoms with Crippen LogP contribution in [0.5, 0.6) is 5.75 Å². The molecule has 3 N–H and O–H groups in total. The van der Waals surface area contributed by atoms with Gasteiger partial charge in [-0.15, -0.1) is 10.2 Å². The van der Waals surface area contributed by atoms with Crippen molar-refractivity contribution in [2.24, 2.45) is 0 Å². The predicted molar refractivity (Wildman–Crippen MR) is 101 cm³/mol. The van der Waals surface area contributed by atoms with Crippen molar-refractivity contribution in [3.63, 3.8) is 0 Å². The number of nitrogens with zero attached hydrogens (tertiary/aromatic N) is 3. The molecule has 2 rings (SSSR count). The van der Waals surface area contributed by atoms with Crippen LogP contribution in [0, 0.1) is 13.8 Å². The fourth-order valence-electron chi connectivity index (χ4n) is 2.28. The second-order valence-electron chi connectivity index (χ2n) is 5.92. The van der Waals surface area contributed by atoms with E-state index in [4.69, 9.17) is 15.3 Å². The van der Waals surface area contributed by atoms with E-state index in [0.29, 0.717) is 24.1 Å². The summed E-state index contributed by atoms with van der Waals surface area (Å²) in [6.45, 7) is 6.94. The normalized spacial score (nSPS) is 12.0. The topological polar surface area (TPSA) is 104 Å². The first kappa shape index (κ1) is 20.1. The van der Waals surface area contributed by atoms with Crippen molar-refractivity contribution < 1.29 is 14.3 Å². The van der Waals surface area contributed by atoms with Gasteiger partial charge in [-0.1, -0.05) is 17.8 Å². The first-order valence-corrected chi connectivity index (χ1v) is 9.12. The van der Waals surface area contributed by atoms with Gasteiger partial charge in [-0.05, 0) is 44.0 Å². The Morgan fingerprint density at radius 2 is 2.00 bits per heavy atom. The Kier molecular flexibility index (Phi) is 7.28. The van der Waals surface area contributed by atoms with E-state index in [-0.39, 0.29) is 17.8 Å². The Balaban J connectivity index is 1.93. The average molecular weight is 379 g/mol. The summed E-state index contributed by atoms with van der Waals surface area (Å²) in [6.07, 6.45) is 0. The molecule has 0 fully saturated rings. The van der Waals surface area contributed by atoms with Crippen LogP contribution in [0.1, 0.15) is 23.9 Å². The summed E-state index contributed by atoms with van der Waals surface area (Å²) in [4.78, 5) is 12.0. The lowest BCUT2D eigenvalue weighted by atomic mass is 10.1. The molecule has 1 heterocycles. The third-order valence-corrected chi connectivity index (χ3v) is 4.61. The summed E-state index contributed by atoms with van der Waals surface area (Å²) in [6, 6.07) is 5.98. The minimum absolute atomic E-state index is 0.108. The van der Waals surface area contributed by atoms with Crippen LogP contribution in [0.2, 0.25) is 0 Å². The molecule has 0 aliphatic rings. The molecule has 26 heavy (non-hydrogen) atoms. The highest BCUT2D eigenvalue weighted by atomic mass is 32.2. The molecule has 0 aliphatic heterocycles. The average Bonchev–Trinajstić information content (AvgIpc) is 2.92. The standard InChI is InChI=1S/C17H25N5O3S/c1-11-7-12(2)9-14(8-11)25-10-15-20-21-17(22(15)18)26-13(3)16(23)19-5-6-24-4/h7-9,13H,5-6,10,18H2,1-4H3,(H,19,23)/t13-/m0/s1. The fraction of sp³-hybridized carbons (Fsp3) is 0.471. The smallest absolute Gasteiger partial charge is 0.233 e. The number of carbonyl (C=O) groups is 1. The van der Waals surface area contributed by atoms with Crippen molar-refractivity contribution in [3.8, 4) is 5.75 Å². The zero-order valence-corrected chi connectivity index (χ0v) is 16.3. The minimum Gasteiger partial charge on any atom is -0.486 e. The third-order valence-electron chi connectivity index (χ3n) is 3.56. The van der Waals surface area contributed by atoms with E-state index < -0.39 is 0 Å². The van der Waals surface area contributed by atoms with Gasteiger partial charge < -0.3 is 20.6 Å². The first-order valence-electron chi connectivity index (χ1n) is 8.24. The number of benzene rings is 1. The van der Waals surface area contributed by atoms with E-state index in [2.05, 4.69) is 21.6 Å². The number of thioether (sulfide) groups is 1. The van der Waals surface area contributed by atoms with Crippen molar-refractivity contribution in [3.05, 3.63) is 35.2 Å². The number of hydrogen-bond acceptors (Lipinski definition) is 7. The zero-order valence-electron chi connectivity index (χ0n) is 15.5. The highest BCUT2D eigenvalue weighted by molar-refractivity contribution is 8.00. The Bertz CT molecular complexity index is 730. The molecule has 1 amide bonds. The van der Waals surface area contributed by atoms with Gasteiger partial charge in [-0.25, -0.2) is 4.68 Å². The van der Waals surface area contributed by atoms with Crippen LogP contribution in [0.3, 0.4) is 0 Å². The SMILES string of the molecule is COCCNC(=O)[C@H](C)Sc1nnc(COc2cc(C)cc(C)c2)n1N. The summed E-state index contributed by atoms with van der Waals surface area (Å²) in [5.74, 6) is 7.17. The summed E-state index contributed by atoms with van der Waals surface area (Å²) in [7, 11) is 1.59. The minimum atomic E-state index is -0.355. The molecule has 0 unspecified atom stereocenters. The summed E-state index contributed by atoms with van der Waals surface area (Å²) in [5, 5.41) is 11.0. The quantitative estimate of drug-likeness (QED) is 0.386. The molecule has 0 spiro atoms. The lowest BCUT2D eigenvalue weighted by molar-refractivity contribution is -0.120. The molecule has 0 radical (unpaired) electrons. The van der Waals surface area contributed by atoms with Crippen LogP contribution in [0.15, 0.2) is 23.4 Å². The number of nitrogens with one attached hydrogen (secondary N) is 1. The number of nitrogens with two attached hydrogens (primary N) is 1. The van der Waals surface area contributed by atoms with Crippen LogP contribution in [0.25, 0.3) is 0 Å². The highest BCUT2D eigenvalue weighted by Crippen LogP contribution is 2.22. The number of nitrogen functional groups attached to an aromatic ring is 1. The molecule has 8 nitrogen and oxygen atoms in total. The largest absolute Gasteiger partial charge is 0.486 e. The molecular weight excluding hydrogens is 354 g/mol. The van der Waals surface area contributed by atoms with Crippen molar-refractivity contribution in [1.82, 2.24) is 20.2 Å². The van der Waals surface area contributed by atoms with E-state index in [0.717, 1.165) is 16.9 Å². The molecular formula is C17H25N5O3S. The molecule has 1 aromatic carbocycles. The number of aromatic nitrogens is 3. The number of carbonyl (C=O) groups excluding carboxylic acids is 1. The third kappa shape index (κ3) is 5.63. The van der Waals surface area contributed by atoms with Crippen LogP contribution < -0.4 is 15.9 Å². The summed E-state index contributed by atoms with van der Waals surface area (Å²) in [5.41, 5.74) is 2.25. The molecule has 1 aromatic heterocycles. The maximum Gasteiger partial charge on any atom is 0.233 e. The Morgan fingerprint density at radius 3 is 2.65 bits per heavy atom. The van der Waals surface area contributed by atoms with Gasteiger partial charge in [0.25, 0.3) is 0 Å². The zero-order chi connectivity index (χ0) is 19.1. The number of hydrogen-bond donors (Lipinski definition) is 2. The van der Waals surface area contributed by atoms with Crippen LogP contribution >= 0.6 is 11.8 Å². The number of aryl methyl sites for hydroxylation is 2. The number of amides is 1. The van der Waals surface area contributed by atoms with E-state index in [9.17, 15) is 4.79 Å². The Labute approximate surface area is 157 Å². The van der Waals surface area contributed by atoms with Crippen LogP contribution in [-0.4, -0.2) is 46.3 Å². The van der Waals surface area contributed by atoms with Gasteiger partial charge in [0.1, 0.15) is 12.4 Å². The van der Waals surface area contributed by atoms with Crippen molar-refractivity contribution in [1.29, 1.82) is 0 Å². The number of rotatable bonds is 9. The molecule has 0 aliphatic carbocycles. The molecule has 0 saturated carbocycles. The van der Waals surface area contributed by atoms with Gasteiger partial charge in [0.15, 0.2) is 5.82 Å². The Hall–Kier alpha value is -2.26. The van der Waals surface area contributed by atoms with Gasteiger partial charge in [-0.2, -0.15) is 0 Å². The number of methoxy groups -OCH3 is 1. The van der Waals surface area contributed by atoms with Gasteiger partial charge in [-0.3, -0.25) is 4.79 Å². The van der Waals surface area contributed by atoms with Crippen molar-refractivity contribution >= 4 is 17.7 Å². The lowest BCUT2D eigenvalue weighted by Crippen LogP contribution is -2.33. The monoisotopic (exact) mass is 379 g/mol. The second-order valence-corrected chi connectivity index (χ2v) is 7.23. The van der Waals surface area contributed by atoms with Crippen molar-refractivity contribution in [2.45, 2.75) is 37.8 Å². The van der Waals surface area contributed by atoms with E-state index >= 15 is 0 Å². The van der Waals surface area contributed by atoms with E-state index in [1.54, 1.807) is 14.0 Å². The maximum atomic E-state index is 12.0. The second kappa shape index (κ2) is 9.44. The van der Waals surface area contributed by atoms with Crippen molar-refractivity contribution in [2.75, 3.05) is 26.1 Å². The summed E-state index contributed by atoms with van der Waals surface area (Å²) < 4.78 is 12.0. The lowest BCUT2D eigenvalue weighted by Gasteiger charge is -2.11.